The van der Waals surface area contributed by atoms with Gasteiger partial charge in [0.05, 0.1) is 11.3 Å². The van der Waals surface area contributed by atoms with Crippen molar-refractivity contribution in [3.8, 4) is 0 Å². The fourth-order valence-corrected chi connectivity index (χ4v) is 2.12. The molecule has 1 N–H and O–H groups in total. The van der Waals surface area contributed by atoms with Gasteiger partial charge in [0.25, 0.3) is 5.91 Å². The standard InChI is InChI=1S/C15H10BrF4NO/c1-8-5-12(17)13(7-11(8)16)21-14(22)9-3-2-4-10(6-9)15(18,19)20/h2-7H,1H3,(H,21,22). The van der Waals surface area contributed by atoms with E-state index in [0.717, 1.165) is 18.2 Å². The fourth-order valence-electron chi connectivity index (χ4n) is 1.77. The number of nitrogens with one attached hydrogen (secondary N) is 1. The predicted molar refractivity (Wildman–Crippen MR) is 78.2 cm³/mol. The van der Waals surface area contributed by atoms with Crippen LogP contribution >= 0.6 is 15.9 Å². The van der Waals surface area contributed by atoms with Gasteiger partial charge in [-0.25, -0.2) is 4.39 Å². The Balaban J connectivity index is 2.29. The SMILES string of the molecule is Cc1cc(F)c(NC(=O)c2cccc(C(F)(F)F)c2)cc1Br. The third-order valence-corrected chi connectivity index (χ3v) is 3.80. The molecule has 1 amide bonds. The van der Waals surface area contributed by atoms with E-state index in [2.05, 4.69) is 21.2 Å². The zero-order valence-electron chi connectivity index (χ0n) is 11.3. The summed E-state index contributed by atoms with van der Waals surface area (Å²) in [4.78, 5) is 12.0. The van der Waals surface area contributed by atoms with Gasteiger partial charge in [-0.3, -0.25) is 4.79 Å². The maximum absolute atomic E-state index is 13.8. The van der Waals surface area contributed by atoms with Gasteiger partial charge in [-0.1, -0.05) is 22.0 Å². The molecule has 116 valence electrons. The molecule has 0 unspecified atom stereocenters. The van der Waals surface area contributed by atoms with Crippen molar-refractivity contribution in [2.24, 2.45) is 0 Å². The number of anilines is 1. The Morgan fingerprint density at radius 3 is 2.50 bits per heavy atom. The average molecular weight is 376 g/mol. The molecule has 0 fully saturated rings. The van der Waals surface area contributed by atoms with Gasteiger partial charge in [-0.15, -0.1) is 0 Å². The lowest BCUT2D eigenvalue weighted by Crippen LogP contribution is -2.15. The van der Waals surface area contributed by atoms with Crippen LogP contribution in [-0.4, -0.2) is 5.91 Å². The van der Waals surface area contributed by atoms with E-state index >= 15 is 0 Å². The van der Waals surface area contributed by atoms with E-state index in [0.29, 0.717) is 10.0 Å². The monoisotopic (exact) mass is 375 g/mol. The highest BCUT2D eigenvalue weighted by Gasteiger charge is 2.30. The molecule has 7 heteroatoms. The van der Waals surface area contributed by atoms with Crippen LogP contribution in [0.4, 0.5) is 23.2 Å². The number of carbonyl (C=O) groups excluding carboxylic acids is 1. The minimum absolute atomic E-state index is 0.111. The molecular formula is C15H10BrF4NO. The number of aryl methyl sites for hydroxylation is 1. The van der Waals surface area contributed by atoms with Gasteiger partial charge >= 0.3 is 6.18 Å². The predicted octanol–water partition coefficient (Wildman–Crippen LogP) is 5.17. The highest BCUT2D eigenvalue weighted by molar-refractivity contribution is 9.10. The normalized spacial score (nSPS) is 11.4. The largest absolute Gasteiger partial charge is 0.416 e. The summed E-state index contributed by atoms with van der Waals surface area (Å²) in [6.45, 7) is 1.67. The second-order valence-electron chi connectivity index (χ2n) is 4.61. The van der Waals surface area contributed by atoms with Crippen molar-refractivity contribution >= 4 is 27.5 Å². The number of alkyl halides is 3. The molecule has 2 aromatic rings. The number of benzene rings is 2. The molecule has 0 spiro atoms. The molecule has 0 aromatic heterocycles. The molecule has 0 aliphatic carbocycles. The Labute approximate surface area is 132 Å². The Morgan fingerprint density at radius 2 is 1.86 bits per heavy atom. The number of rotatable bonds is 2. The van der Waals surface area contributed by atoms with Crippen molar-refractivity contribution in [1.82, 2.24) is 0 Å². The first-order valence-corrected chi connectivity index (χ1v) is 6.92. The number of hydrogen-bond donors (Lipinski definition) is 1. The molecule has 0 aliphatic heterocycles. The van der Waals surface area contributed by atoms with Crippen LogP contribution < -0.4 is 5.32 Å². The van der Waals surface area contributed by atoms with Crippen LogP contribution in [0.1, 0.15) is 21.5 Å². The zero-order chi connectivity index (χ0) is 16.5. The second-order valence-corrected chi connectivity index (χ2v) is 5.47. The number of halogens is 5. The second kappa shape index (κ2) is 6.08. The lowest BCUT2D eigenvalue weighted by atomic mass is 10.1. The Morgan fingerprint density at radius 1 is 1.18 bits per heavy atom. The first-order chi connectivity index (χ1) is 10.2. The summed E-state index contributed by atoms with van der Waals surface area (Å²) in [6, 6.07) is 6.50. The lowest BCUT2D eigenvalue weighted by Gasteiger charge is -2.11. The summed E-state index contributed by atoms with van der Waals surface area (Å²) in [5.41, 5.74) is -0.619. The minimum atomic E-state index is -4.55. The smallest absolute Gasteiger partial charge is 0.319 e. The molecular weight excluding hydrogens is 366 g/mol. The van der Waals surface area contributed by atoms with E-state index in [4.69, 9.17) is 0 Å². The third kappa shape index (κ3) is 3.65. The fraction of sp³-hybridized carbons (Fsp3) is 0.133. The van der Waals surface area contributed by atoms with Gasteiger partial charge in [0.1, 0.15) is 5.82 Å². The van der Waals surface area contributed by atoms with Crippen LogP contribution in [0.25, 0.3) is 0 Å². The van der Waals surface area contributed by atoms with Crippen molar-refractivity contribution < 1.29 is 22.4 Å². The molecule has 2 rings (SSSR count). The van der Waals surface area contributed by atoms with Crippen molar-refractivity contribution in [3.05, 3.63) is 63.4 Å². The highest BCUT2D eigenvalue weighted by atomic mass is 79.9. The Bertz CT molecular complexity index is 728. The summed E-state index contributed by atoms with van der Waals surface area (Å²) in [5, 5.41) is 2.26. The van der Waals surface area contributed by atoms with Gasteiger partial charge in [-0.05, 0) is 42.8 Å². The quantitative estimate of drug-likeness (QED) is 0.721. The first-order valence-electron chi connectivity index (χ1n) is 6.13. The van der Waals surface area contributed by atoms with Crippen molar-refractivity contribution in [2.45, 2.75) is 13.1 Å². The molecule has 0 atom stereocenters. The summed E-state index contributed by atoms with van der Waals surface area (Å²) in [7, 11) is 0. The summed E-state index contributed by atoms with van der Waals surface area (Å²) in [5.74, 6) is -1.48. The van der Waals surface area contributed by atoms with Gasteiger partial charge in [0, 0.05) is 10.0 Å². The molecule has 0 saturated heterocycles. The van der Waals surface area contributed by atoms with Crippen LogP contribution in [0, 0.1) is 12.7 Å². The third-order valence-electron chi connectivity index (χ3n) is 2.95. The zero-order valence-corrected chi connectivity index (χ0v) is 12.8. The van der Waals surface area contributed by atoms with E-state index in [1.54, 1.807) is 6.92 Å². The van der Waals surface area contributed by atoms with Crippen LogP contribution in [0.15, 0.2) is 40.9 Å². The van der Waals surface area contributed by atoms with Gasteiger partial charge in [0.2, 0.25) is 0 Å². The van der Waals surface area contributed by atoms with Crippen molar-refractivity contribution in [3.63, 3.8) is 0 Å². The number of carbonyl (C=O) groups is 1. The first kappa shape index (κ1) is 16.5. The average Bonchev–Trinajstić information content (AvgIpc) is 2.44. The van der Waals surface area contributed by atoms with Crippen LogP contribution in [0.2, 0.25) is 0 Å². The topological polar surface area (TPSA) is 29.1 Å². The van der Waals surface area contributed by atoms with Gasteiger partial charge < -0.3 is 5.32 Å². The minimum Gasteiger partial charge on any atom is -0.319 e. The summed E-state index contributed by atoms with van der Waals surface area (Å²) < 4.78 is 52.2. The van der Waals surface area contributed by atoms with E-state index < -0.39 is 23.5 Å². The molecule has 22 heavy (non-hydrogen) atoms. The maximum atomic E-state index is 13.8. The van der Waals surface area contributed by atoms with Crippen LogP contribution in [0.3, 0.4) is 0 Å². The molecule has 2 aromatic carbocycles. The van der Waals surface area contributed by atoms with E-state index in [9.17, 15) is 22.4 Å². The Hall–Kier alpha value is -1.89. The van der Waals surface area contributed by atoms with Gasteiger partial charge in [-0.2, -0.15) is 13.2 Å². The van der Waals surface area contributed by atoms with Gasteiger partial charge in [0.15, 0.2) is 0 Å². The highest BCUT2D eigenvalue weighted by Crippen LogP contribution is 2.30. The van der Waals surface area contributed by atoms with E-state index in [1.165, 1.54) is 18.2 Å². The molecule has 0 heterocycles. The molecule has 0 radical (unpaired) electrons. The summed E-state index contributed by atoms with van der Waals surface area (Å²) >= 11 is 3.20. The Kier molecular flexibility index (Phi) is 4.55. The molecule has 0 bridgehead atoms. The van der Waals surface area contributed by atoms with Crippen LogP contribution in [-0.2, 0) is 6.18 Å². The summed E-state index contributed by atoms with van der Waals surface area (Å²) in [6.07, 6.45) is -4.55. The maximum Gasteiger partial charge on any atom is 0.416 e. The molecule has 2 nitrogen and oxygen atoms in total. The van der Waals surface area contributed by atoms with Crippen molar-refractivity contribution in [1.29, 1.82) is 0 Å². The van der Waals surface area contributed by atoms with Crippen molar-refractivity contribution in [2.75, 3.05) is 5.32 Å². The number of amides is 1. The lowest BCUT2D eigenvalue weighted by molar-refractivity contribution is -0.137. The van der Waals surface area contributed by atoms with Crippen LogP contribution in [0.5, 0.6) is 0 Å². The number of hydrogen-bond acceptors (Lipinski definition) is 1. The van der Waals surface area contributed by atoms with E-state index in [1.807, 2.05) is 0 Å². The van der Waals surface area contributed by atoms with E-state index in [-0.39, 0.29) is 11.3 Å². The molecule has 0 saturated carbocycles. The molecule has 0 aliphatic rings.